The molecule has 0 spiro atoms. The first-order chi connectivity index (χ1) is 6.31. The van der Waals surface area contributed by atoms with Gasteiger partial charge in [0.25, 0.3) is 0 Å². The molecular formula is C10H16O4. The molecule has 1 atom stereocenters. The molecule has 0 aromatic carbocycles. The Bertz CT molecular complexity index is 243. The van der Waals surface area contributed by atoms with E-state index in [1.54, 1.807) is 20.8 Å². The van der Waals surface area contributed by atoms with Crippen molar-refractivity contribution in [3.05, 3.63) is 0 Å². The quantitative estimate of drug-likeness (QED) is 0.518. The summed E-state index contributed by atoms with van der Waals surface area (Å²) in [7, 11) is 0. The van der Waals surface area contributed by atoms with Crippen LogP contribution in [0.5, 0.6) is 0 Å². The van der Waals surface area contributed by atoms with Crippen molar-refractivity contribution in [1.29, 1.82) is 0 Å². The average molecular weight is 200 g/mol. The number of carboxylic acid groups (broad SMARTS) is 1. The molecule has 4 heteroatoms. The van der Waals surface area contributed by atoms with Crippen LogP contribution in [0.2, 0.25) is 0 Å². The summed E-state index contributed by atoms with van der Waals surface area (Å²) in [6.45, 7) is 5.09. The highest BCUT2D eigenvalue weighted by molar-refractivity contribution is 5.91. The molecule has 0 saturated heterocycles. The van der Waals surface area contributed by atoms with E-state index in [1.807, 2.05) is 0 Å². The van der Waals surface area contributed by atoms with Gasteiger partial charge in [-0.15, -0.1) is 0 Å². The minimum Gasteiger partial charge on any atom is -0.481 e. The van der Waals surface area contributed by atoms with Crippen LogP contribution in [-0.2, 0) is 14.4 Å². The number of aliphatic carboxylic acids is 1. The number of carboxylic acids is 1. The van der Waals surface area contributed by atoms with Crippen molar-refractivity contribution in [2.75, 3.05) is 0 Å². The molecule has 0 bridgehead atoms. The molecule has 0 heterocycles. The van der Waals surface area contributed by atoms with E-state index < -0.39 is 17.3 Å². The smallest absolute Gasteiger partial charge is 0.303 e. The van der Waals surface area contributed by atoms with Gasteiger partial charge in [0.15, 0.2) is 0 Å². The Hall–Kier alpha value is -1.19. The summed E-state index contributed by atoms with van der Waals surface area (Å²) in [6, 6.07) is 0. The predicted octanol–water partition coefficient (Wildman–Crippen LogP) is 1.28. The molecule has 1 unspecified atom stereocenters. The van der Waals surface area contributed by atoms with Crippen molar-refractivity contribution < 1.29 is 19.5 Å². The molecule has 0 rings (SSSR count). The number of Topliss-reactive ketones (excluding diaryl/α,β-unsaturated/α-hetero) is 1. The summed E-state index contributed by atoms with van der Waals surface area (Å²) in [5.41, 5.74) is -0.605. The summed E-state index contributed by atoms with van der Waals surface area (Å²) in [6.07, 6.45) is 0.346. The first kappa shape index (κ1) is 12.8. The zero-order valence-electron chi connectivity index (χ0n) is 8.74. The minimum absolute atomic E-state index is 0.0707. The van der Waals surface area contributed by atoms with E-state index in [0.29, 0.717) is 6.29 Å². The fourth-order valence-corrected chi connectivity index (χ4v) is 1.24. The van der Waals surface area contributed by atoms with Crippen molar-refractivity contribution >= 4 is 18.0 Å². The summed E-state index contributed by atoms with van der Waals surface area (Å²) in [5.74, 6) is -1.55. The Morgan fingerprint density at radius 1 is 1.43 bits per heavy atom. The van der Waals surface area contributed by atoms with E-state index in [-0.39, 0.29) is 18.6 Å². The van der Waals surface area contributed by atoms with E-state index in [0.717, 1.165) is 0 Å². The molecule has 80 valence electrons. The highest BCUT2D eigenvalue weighted by Crippen LogP contribution is 2.31. The van der Waals surface area contributed by atoms with Crippen LogP contribution < -0.4 is 0 Å². The van der Waals surface area contributed by atoms with Gasteiger partial charge in [-0.05, 0) is 5.41 Å². The fraction of sp³-hybridized carbons (Fsp3) is 0.700. The molecule has 14 heavy (non-hydrogen) atoms. The Kier molecular flexibility index (Phi) is 4.47. The van der Waals surface area contributed by atoms with Crippen molar-refractivity contribution in [3.63, 3.8) is 0 Å². The molecule has 0 amide bonds. The number of rotatable bonds is 6. The number of hydrogen-bond acceptors (Lipinski definition) is 3. The number of ketones is 1. The Balaban J connectivity index is 4.47. The maximum Gasteiger partial charge on any atom is 0.303 e. The Labute approximate surface area is 83.3 Å². The predicted molar refractivity (Wildman–Crippen MR) is 50.9 cm³/mol. The van der Waals surface area contributed by atoms with Gasteiger partial charge in [0.2, 0.25) is 0 Å². The SMILES string of the molecule is CC(C(=O)CC=O)C(C)(C)CC(=O)O. The summed E-state index contributed by atoms with van der Waals surface area (Å²) in [4.78, 5) is 32.0. The molecule has 0 aliphatic rings. The lowest BCUT2D eigenvalue weighted by Gasteiger charge is -2.28. The normalized spacial score (nSPS) is 13.4. The first-order valence-corrected chi connectivity index (χ1v) is 4.49. The van der Waals surface area contributed by atoms with Crippen LogP contribution in [0.1, 0.15) is 33.6 Å². The van der Waals surface area contributed by atoms with Gasteiger partial charge < -0.3 is 9.90 Å². The molecule has 0 aliphatic carbocycles. The Morgan fingerprint density at radius 2 is 1.93 bits per heavy atom. The number of carbonyl (C=O) groups excluding carboxylic acids is 2. The van der Waals surface area contributed by atoms with Gasteiger partial charge in [0.05, 0.1) is 12.8 Å². The van der Waals surface area contributed by atoms with E-state index in [9.17, 15) is 14.4 Å². The second-order valence-corrected chi connectivity index (χ2v) is 4.12. The van der Waals surface area contributed by atoms with Gasteiger partial charge in [-0.1, -0.05) is 20.8 Å². The second-order valence-electron chi connectivity index (χ2n) is 4.12. The maximum absolute atomic E-state index is 11.3. The lowest BCUT2D eigenvalue weighted by atomic mass is 9.74. The summed E-state index contributed by atoms with van der Waals surface area (Å²) >= 11 is 0. The molecule has 0 aliphatic heterocycles. The highest BCUT2D eigenvalue weighted by Gasteiger charge is 2.32. The molecule has 4 nitrogen and oxygen atoms in total. The molecule has 0 saturated carbocycles. The zero-order chi connectivity index (χ0) is 11.4. The maximum atomic E-state index is 11.3. The zero-order valence-corrected chi connectivity index (χ0v) is 8.74. The van der Waals surface area contributed by atoms with Crippen molar-refractivity contribution in [2.24, 2.45) is 11.3 Å². The highest BCUT2D eigenvalue weighted by atomic mass is 16.4. The Morgan fingerprint density at radius 3 is 2.29 bits per heavy atom. The van der Waals surface area contributed by atoms with Crippen molar-refractivity contribution in [1.82, 2.24) is 0 Å². The lowest BCUT2D eigenvalue weighted by molar-refractivity contribution is -0.140. The third-order valence-corrected chi connectivity index (χ3v) is 2.55. The second kappa shape index (κ2) is 4.88. The van der Waals surface area contributed by atoms with E-state index in [2.05, 4.69) is 0 Å². The summed E-state index contributed by atoms with van der Waals surface area (Å²) < 4.78 is 0. The van der Waals surface area contributed by atoms with Crippen LogP contribution in [-0.4, -0.2) is 23.1 Å². The fourth-order valence-electron chi connectivity index (χ4n) is 1.24. The van der Waals surface area contributed by atoms with Gasteiger partial charge in [0.1, 0.15) is 12.1 Å². The number of carbonyl (C=O) groups is 3. The van der Waals surface area contributed by atoms with E-state index in [4.69, 9.17) is 5.11 Å². The van der Waals surface area contributed by atoms with Crippen molar-refractivity contribution in [2.45, 2.75) is 33.6 Å². The van der Waals surface area contributed by atoms with Crippen LogP contribution in [0.15, 0.2) is 0 Å². The van der Waals surface area contributed by atoms with Crippen molar-refractivity contribution in [3.8, 4) is 0 Å². The average Bonchev–Trinajstić information content (AvgIpc) is 2.01. The van der Waals surface area contributed by atoms with Gasteiger partial charge >= 0.3 is 5.97 Å². The monoisotopic (exact) mass is 200 g/mol. The minimum atomic E-state index is -0.930. The van der Waals surface area contributed by atoms with Crippen LogP contribution in [0.3, 0.4) is 0 Å². The van der Waals surface area contributed by atoms with Crippen LogP contribution in [0.25, 0.3) is 0 Å². The third kappa shape index (κ3) is 3.68. The molecule has 0 radical (unpaired) electrons. The van der Waals surface area contributed by atoms with Gasteiger partial charge in [-0.3, -0.25) is 9.59 Å². The van der Waals surface area contributed by atoms with E-state index in [1.165, 1.54) is 0 Å². The number of hydrogen-bond donors (Lipinski definition) is 1. The van der Waals surface area contributed by atoms with Gasteiger partial charge in [-0.2, -0.15) is 0 Å². The van der Waals surface area contributed by atoms with Crippen LogP contribution >= 0.6 is 0 Å². The van der Waals surface area contributed by atoms with E-state index >= 15 is 0 Å². The van der Waals surface area contributed by atoms with Gasteiger partial charge in [0, 0.05) is 5.92 Å². The molecular weight excluding hydrogens is 184 g/mol. The largest absolute Gasteiger partial charge is 0.481 e. The summed E-state index contributed by atoms with van der Waals surface area (Å²) in [5, 5.41) is 8.63. The first-order valence-electron chi connectivity index (χ1n) is 4.49. The number of aldehydes is 1. The molecule has 0 aromatic rings. The standard InChI is InChI=1S/C10H16O4/c1-7(8(12)4-5-11)10(2,3)6-9(13)14/h5,7H,4,6H2,1-3H3,(H,13,14). The van der Waals surface area contributed by atoms with Crippen LogP contribution in [0.4, 0.5) is 0 Å². The van der Waals surface area contributed by atoms with Crippen LogP contribution in [0, 0.1) is 11.3 Å². The molecule has 1 N–H and O–H groups in total. The van der Waals surface area contributed by atoms with Gasteiger partial charge in [-0.25, -0.2) is 0 Å². The molecule has 0 fully saturated rings. The molecule has 0 aromatic heterocycles. The third-order valence-electron chi connectivity index (χ3n) is 2.55. The lowest BCUT2D eigenvalue weighted by Crippen LogP contribution is -2.31. The topological polar surface area (TPSA) is 71.4 Å².